The van der Waals surface area contributed by atoms with Crippen LogP contribution in [0.1, 0.15) is 74.8 Å². The molecule has 0 atom stereocenters. The van der Waals surface area contributed by atoms with Crippen LogP contribution in [0.4, 0.5) is 34.1 Å². The largest absolute Gasteiger partial charge is 0.310 e. The topological polar surface area (TPSA) is 74.8 Å². The highest BCUT2D eigenvalue weighted by atomic mass is 16.2. The molecule has 0 saturated carbocycles. The first-order valence-corrected chi connectivity index (χ1v) is 22.4. The van der Waals surface area contributed by atoms with Crippen molar-refractivity contribution in [2.24, 2.45) is 0 Å². The third kappa shape index (κ3) is 6.49. The summed E-state index contributed by atoms with van der Waals surface area (Å²) in [6, 6.07) is 61.0. The SMILES string of the molecule is O=C1C(=Cc2ccc3c(c2)CCc2ccccc2N3c2ccc(-c3ccc(N4c5ccccc5CCc5cc(C=C6C(=O)c7ccccc7C6=O)ccc54)cc3)cc2)C(=O)c2ccccc21. The van der Waals surface area contributed by atoms with Crippen LogP contribution in [0, 0.1) is 0 Å². The molecule has 2 heterocycles. The van der Waals surface area contributed by atoms with Crippen molar-refractivity contribution in [3.05, 3.63) is 249 Å². The van der Waals surface area contributed by atoms with E-state index in [1.807, 2.05) is 12.1 Å². The van der Waals surface area contributed by atoms with Gasteiger partial charge in [-0.25, -0.2) is 0 Å². The number of hydrogen-bond donors (Lipinski definition) is 0. The quantitative estimate of drug-likeness (QED) is 0.127. The number of carbonyl (C=O) groups is 4. The number of Topliss-reactive ketones (excluding diaryl/α,β-unsaturated/α-hetero) is 4. The molecule has 0 amide bonds. The van der Waals surface area contributed by atoms with Crippen molar-refractivity contribution < 1.29 is 19.2 Å². The number of para-hydroxylation sites is 2. The van der Waals surface area contributed by atoms with E-state index in [9.17, 15) is 19.2 Å². The van der Waals surface area contributed by atoms with Crippen molar-refractivity contribution in [1.29, 1.82) is 0 Å². The van der Waals surface area contributed by atoms with Crippen LogP contribution in [0.2, 0.25) is 0 Å². The summed E-state index contributed by atoms with van der Waals surface area (Å²) in [6.45, 7) is 0. The van der Waals surface area contributed by atoms with Crippen LogP contribution in [0.3, 0.4) is 0 Å². The van der Waals surface area contributed by atoms with Gasteiger partial charge in [0.05, 0.1) is 11.1 Å². The van der Waals surface area contributed by atoms with E-state index in [0.717, 1.165) is 93.2 Å². The molecule has 0 radical (unpaired) electrons. The molecule has 2 aliphatic carbocycles. The van der Waals surface area contributed by atoms with Crippen molar-refractivity contribution in [3.8, 4) is 11.1 Å². The van der Waals surface area contributed by atoms with Gasteiger partial charge in [0.2, 0.25) is 0 Å². The molecule has 0 bridgehead atoms. The minimum atomic E-state index is -0.221. The lowest BCUT2D eigenvalue weighted by molar-refractivity contribution is 0.0975. The number of allylic oxidation sites excluding steroid dienone is 2. The number of aryl methyl sites for hydroxylation is 4. The Balaban J connectivity index is 0.849. The van der Waals surface area contributed by atoms with Gasteiger partial charge in [0, 0.05) is 56.4 Å². The molecule has 8 aromatic carbocycles. The molecule has 2 aliphatic heterocycles. The van der Waals surface area contributed by atoms with Crippen LogP contribution in [-0.4, -0.2) is 23.1 Å². The molecular weight excluding hydrogens is 813 g/mol. The average molecular weight is 853 g/mol. The van der Waals surface area contributed by atoms with E-state index < -0.39 is 0 Å². The first kappa shape index (κ1) is 39.1. The van der Waals surface area contributed by atoms with Gasteiger partial charge in [-0.2, -0.15) is 0 Å². The van der Waals surface area contributed by atoms with Gasteiger partial charge in [0.25, 0.3) is 0 Å². The first-order valence-electron chi connectivity index (χ1n) is 22.4. The Morgan fingerprint density at radius 1 is 0.318 bits per heavy atom. The molecule has 0 fully saturated rings. The lowest BCUT2D eigenvalue weighted by Crippen LogP contribution is -2.12. The number of ketones is 4. The Morgan fingerprint density at radius 3 is 1.02 bits per heavy atom. The summed E-state index contributed by atoms with van der Waals surface area (Å²) in [4.78, 5) is 57.6. The van der Waals surface area contributed by atoms with Crippen molar-refractivity contribution >= 4 is 69.4 Å². The zero-order valence-electron chi connectivity index (χ0n) is 35.8. The summed E-state index contributed by atoms with van der Waals surface area (Å²) in [6.07, 6.45) is 6.84. The van der Waals surface area contributed by atoms with E-state index in [1.165, 1.54) is 11.1 Å². The van der Waals surface area contributed by atoms with Gasteiger partial charge in [-0.3, -0.25) is 19.2 Å². The number of benzene rings is 8. The van der Waals surface area contributed by atoms with Crippen molar-refractivity contribution in [2.45, 2.75) is 25.7 Å². The molecule has 6 heteroatoms. The van der Waals surface area contributed by atoms with Crippen LogP contribution < -0.4 is 9.80 Å². The van der Waals surface area contributed by atoms with E-state index in [2.05, 4.69) is 131 Å². The van der Waals surface area contributed by atoms with Gasteiger partial charge in [0.1, 0.15) is 0 Å². The van der Waals surface area contributed by atoms with Crippen LogP contribution in [0.15, 0.2) is 193 Å². The summed E-state index contributed by atoms with van der Waals surface area (Å²) < 4.78 is 0. The minimum Gasteiger partial charge on any atom is -0.310 e. The Bertz CT molecular complexity index is 3140. The molecule has 8 aromatic rings. The normalized spacial score (nSPS) is 14.7. The summed E-state index contributed by atoms with van der Waals surface area (Å²) in [7, 11) is 0. The standard InChI is InChI=1S/C60H40N2O4/c63-57-47-11-3-4-12-48(47)58(64)51(57)35-37-17-31-55-43(33-37)21-19-41-9-1-7-15-53(41)61(55)45-27-23-39(24-28-45)40-25-29-46(30-26-40)62-54-16-8-2-10-42(54)20-22-44-34-38(18-32-56(44)62)36-52-59(65)49-13-5-6-14-50(49)60(52)66/h1-18,23-36H,19-22H2. The van der Waals surface area contributed by atoms with E-state index in [1.54, 1.807) is 60.7 Å². The smallest absolute Gasteiger partial charge is 0.197 e. The maximum Gasteiger partial charge on any atom is 0.197 e. The number of anilines is 6. The summed E-state index contributed by atoms with van der Waals surface area (Å²) >= 11 is 0. The minimum absolute atomic E-state index is 0.211. The maximum absolute atomic E-state index is 13.2. The van der Waals surface area contributed by atoms with Gasteiger partial charge in [-0.15, -0.1) is 0 Å². The van der Waals surface area contributed by atoms with Crippen LogP contribution in [0.25, 0.3) is 23.3 Å². The molecule has 0 unspecified atom stereocenters. The monoisotopic (exact) mass is 852 g/mol. The van der Waals surface area contributed by atoms with E-state index in [4.69, 9.17) is 0 Å². The maximum atomic E-state index is 13.2. The molecule has 0 aromatic heterocycles. The zero-order valence-corrected chi connectivity index (χ0v) is 35.8. The third-order valence-electron chi connectivity index (χ3n) is 13.5. The fourth-order valence-corrected chi connectivity index (χ4v) is 10.2. The molecule has 6 nitrogen and oxygen atoms in total. The van der Waals surface area contributed by atoms with Gasteiger partial charge in [-0.1, -0.05) is 121 Å². The Hall–Kier alpha value is -8.48. The third-order valence-corrected chi connectivity index (χ3v) is 13.5. The highest BCUT2D eigenvalue weighted by molar-refractivity contribution is 6.42. The number of fused-ring (bicyclic) bond motifs is 6. The molecule has 0 spiro atoms. The second-order valence-corrected chi connectivity index (χ2v) is 17.3. The second-order valence-electron chi connectivity index (χ2n) is 17.3. The average Bonchev–Trinajstić information content (AvgIpc) is 3.56. The number of hydrogen-bond acceptors (Lipinski definition) is 6. The van der Waals surface area contributed by atoms with Crippen molar-refractivity contribution in [3.63, 3.8) is 0 Å². The Kier molecular flexibility index (Phi) is 9.28. The highest BCUT2D eigenvalue weighted by Gasteiger charge is 2.34. The fourth-order valence-electron chi connectivity index (χ4n) is 10.2. The van der Waals surface area contributed by atoms with Crippen LogP contribution in [-0.2, 0) is 25.7 Å². The summed E-state index contributed by atoms with van der Waals surface area (Å²) in [5.74, 6) is -0.883. The van der Waals surface area contributed by atoms with Crippen molar-refractivity contribution in [1.82, 2.24) is 0 Å². The van der Waals surface area contributed by atoms with Crippen LogP contribution in [0.5, 0.6) is 0 Å². The number of carbonyl (C=O) groups excluding carboxylic acids is 4. The molecule has 0 saturated heterocycles. The predicted octanol–water partition coefficient (Wildman–Crippen LogP) is 13.4. The zero-order chi connectivity index (χ0) is 44.5. The van der Waals surface area contributed by atoms with Gasteiger partial charge < -0.3 is 9.80 Å². The first-order chi connectivity index (χ1) is 32.4. The van der Waals surface area contributed by atoms with Gasteiger partial charge in [0.15, 0.2) is 23.1 Å². The van der Waals surface area contributed by atoms with E-state index in [0.29, 0.717) is 22.3 Å². The van der Waals surface area contributed by atoms with Gasteiger partial charge in [-0.05, 0) is 143 Å². The highest BCUT2D eigenvalue weighted by Crippen LogP contribution is 2.45. The molecule has 314 valence electrons. The summed E-state index contributed by atoms with van der Waals surface area (Å²) in [5.41, 5.74) is 17.4. The second kappa shape index (κ2) is 15.6. The Labute approximate surface area is 382 Å². The molecule has 66 heavy (non-hydrogen) atoms. The Morgan fingerprint density at radius 2 is 0.636 bits per heavy atom. The fraction of sp³-hybridized carbons (Fsp3) is 0.0667. The van der Waals surface area contributed by atoms with E-state index in [-0.39, 0.29) is 34.3 Å². The predicted molar refractivity (Wildman–Crippen MR) is 262 cm³/mol. The van der Waals surface area contributed by atoms with E-state index >= 15 is 0 Å². The summed E-state index contributed by atoms with van der Waals surface area (Å²) in [5, 5.41) is 0. The lowest BCUT2D eigenvalue weighted by atomic mass is 10.00. The molecule has 4 aliphatic rings. The van der Waals surface area contributed by atoms with Crippen LogP contribution >= 0.6 is 0 Å². The molecule has 0 N–H and O–H groups in total. The lowest BCUT2D eigenvalue weighted by Gasteiger charge is -2.28. The number of nitrogens with zero attached hydrogens (tertiary/aromatic N) is 2. The van der Waals surface area contributed by atoms with Gasteiger partial charge >= 0.3 is 0 Å². The molecular formula is C60H40N2O4. The molecule has 12 rings (SSSR count). The van der Waals surface area contributed by atoms with Crippen molar-refractivity contribution in [2.75, 3.05) is 9.80 Å². The number of rotatable bonds is 5.